The maximum Gasteiger partial charge on any atom is 0.123 e. The lowest BCUT2D eigenvalue weighted by Gasteiger charge is -2.11. The highest BCUT2D eigenvalue weighted by molar-refractivity contribution is 7.99. The molecule has 1 aliphatic rings. The number of fused-ring (bicyclic) bond motifs is 1. The molecule has 18 heavy (non-hydrogen) atoms. The SMILES string of the molecule is Oc1ccc(SC[C@H]2CCCN2)c2ccccc12. The fraction of sp³-hybridized carbons (Fsp3) is 0.333. The number of hydrogen-bond acceptors (Lipinski definition) is 3. The minimum atomic E-state index is 0.369. The van der Waals surface area contributed by atoms with Crippen molar-refractivity contribution >= 4 is 22.5 Å². The fourth-order valence-electron chi connectivity index (χ4n) is 2.47. The zero-order valence-corrected chi connectivity index (χ0v) is 11.0. The second-order valence-corrected chi connectivity index (χ2v) is 5.79. The van der Waals surface area contributed by atoms with Gasteiger partial charge in [-0.05, 0) is 36.9 Å². The molecule has 3 heteroatoms. The molecule has 0 amide bonds. The Labute approximate surface area is 111 Å². The minimum absolute atomic E-state index is 0.369. The summed E-state index contributed by atoms with van der Waals surface area (Å²) >= 11 is 1.88. The smallest absolute Gasteiger partial charge is 0.123 e. The monoisotopic (exact) mass is 259 g/mol. The maximum absolute atomic E-state index is 9.85. The summed E-state index contributed by atoms with van der Waals surface area (Å²) in [5.41, 5.74) is 0. The molecule has 2 aromatic carbocycles. The van der Waals surface area contributed by atoms with Crippen molar-refractivity contribution in [1.82, 2.24) is 5.32 Å². The molecule has 2 aromatic rings. The van der Waals surface area contributed by atoms with Crippen molar-refractivity contribution in [2.75, 3.05) is 12.3 Å². The van der Waals surface area contributed by atoms with E-state index in [9.17, 15) is 5.11 Å². The van der Waals surface area contributed by atoms with Gasteiger partial charge in [0.1, 0.15) is 5.75 Å². The zero-order valence-electron chi connectivity index (χ0n) is 10.2. The summed E-state index contributed by atoms with van der Waals surface area (Å²) in [7, 11) is 0. The van der Waals surface area contributed by atoms with Crippen LogP contribution in [-0.4, -0.2) is 23.4 Å². The van der Waals surface area contributed by atoms with E-state index in [-0.39, 0.29) is 0 Å². The van der Waals surface area contributed by atoms with Gasteiger partial charge in [0.05, 0.1) is 0 Å². The average molecular weight is 259 g/mol. The molecule has 2 N–H and O–H groups in total. The third-order valence-electron chi connectivity index (χ3n) is 3.46. The Morgan fingerprint density at radius 3 is 2.78 bits per heavy atom. The van der Waals surface area contributed by atoms with Gasteiger partial charge in [0, 0.05) is 22.1 Å². The molecule has 1 aliphatic heterocycles. The lowest BCUT2D eigenvalue weighted by molar-refractivity contribution is 0.481. The molecule has 1 heterocycles. The van der Waals surface area contributed by atoms with E-state index in [1.54, 1.807) is 6.07 Å². The average Bonchev–Trinajstić information content (AvgIpc) is 2.92. The van der Waals surface area contributed by atoms with Gasteiger partial charge in [0.15, 0.2) is 0 Å². The number of benzene rings is 2. The summed E-state index contributed by atoms with van der Waals surface area (Å²) in [5.74, 6) is 1.48. The van der Waals surface area contributed by atoms with Crippen molar-refractivity contribution in [3.05, 3.63) is 36.4 Å². The van der Waals surface area contributed by atoms with E-state index < -0.39 is 0 Å². The van der Waals surface area contributed by atoms with Crippen LogP contribution in [0.25, 0.3) is 10.8 Å². The second-order valence-electron chi connectivity index (χ2n) is 4.73. The number of thioether (sulfide) groups is 1. The van der Waals surface area contributed by atoms with Crippen LogP contribution >= 0.6 is 11.8 Å². The third kappa shape index (κ3) is 2.33. The first-order valence-corrected chi connectivity index (χ1v) is 7.40. The van der Waals surface area contributed by atoms with E-state index in [1.807, 2.05) is 36.0 Å². The summed E-state index contributed by atoms with van der Waals surface area (Å²) in [5, 5.41) is 15.5. The highest BCUT2D eigenvalue weighted by atomic mass is 32.2. The number of phenols is 1. The van der Waals surface area contributed by atoms with Crippen LogP contribution in [0, 0.1) is 0 Å². The molecule has 0 spiro atoms. The molecule has 0 radical (unpaired) electrons. The molecule has 0 aliphatic carbocycles. The minimum Gasteiger partial charge on any atom is -0.507 e. The van der Waals surface area contributed by atoms with Crippen molar-refractivity contribution < 1.29 is 5.11 Å². The first kappa shape index (κ1) is 11.9. The molecule has 1 saturated heterocycles. The molecular formula is C15H17NOS. The van der Waals surface area contributed by atoms with Gasteiger partial charge >= 0.3 is 0 Å². The van der Waals surface area contributed by atoms with Crippen LogP contribution in [-0.2, 0) is 0 Å². The summed E-state index contributed by atoms with van der Waals surface area (Å²) in [6.07, 6.45) is 2.57. The Bertz CT molecular complexity index is 549. The highest BCUT2D eigenvalue weighted by Gasteiger charge is 2.14. The van der Waals surface area contributed by atoms with Crippen LogP contribution in [0.3, 0.4) is 0 Å². The molecule has 94 valence electrons. The normalized spacial score (nSPS) is 19.4. The van der Waals surface area contributed by atoms with E-state index in [0.29, 0.717) is 11.8 Å². The second kappa shape index (κ2) is 5.21. The molecule has 0 saturated carbocycles. The van der Waals surface area contributed by atoms with E-state index in [2.05, 4.69) is 11.4 Å². The van der Waals surface area contributed by atoms with Gasteiger partial charge in [-0.1, -0.05) is 24.3 Å². The summed E-state index contributed by atoms with van der Waals surface area (Å²) < 4.78 is 0. The predicted molar refractivity (Wildman–Crippen MR) is 77.4 cm³/mol. The number of phenolic OH excluding ortho intramolecular Hbond substituents is 1. The Kier molecular flexibility index (Phi) is 3.43. The van der Waals surface area contributed by atoms with Crippen molar-refractivity contribution in [3.8, 4) is 5.75 Å². The Morgan fingerprint density at radius 2 is 2.00 bits per heavy atom. The van der Waals surface area contributed by atoms with Crippen molar-refractivity contribution in [2.24, 2.45) is 0 Å². The third-order valence-corrected chi connectivity index (χ3v) is 4.70. The summed E-state index contributed by atoms with van der Waals surface area (Å²) in [6, 6.07) is 12.5. The van der Waals surface area contributed by atoms with Gasteiger partial charge in [-0.25, -0.2) is 0 Å². The van der Waals surface area contributed by atoms with Gasteiger partial charge in [-0.15, -0.1) is 11.8 Å². The van der Waals surface area contributed by atoms with E-state index in [4.69, 9.17) is 0 Å². The van der Waals surface area contributed by atoms with Crippen LogP contribution in [0.2, 0.25) is 0 Å². The molecule has 1 fully saturated rings. The Morgan fingerprint density at radius 1 is 1.17 bits per heavy atom. The van der Waals surface area contributed by atoms with Gasteiger partial charge in [-0.2, -0.15) is 0 Å². The Balaban J connectivity index is 1.85. The van der Waals surface area contributed by atoms with Crippen molar-refractivity contribution in [3.63, 3.8) is 0 Å². The van der Waals surface area contributed by atoms with Gasteiger partial charge < -0.3 is 10.4 Å². The van der Waals surface area contributed by atoms with Crippen LogP contribution in [0.15, 0.2) is 41.3 Å². The van der Waals surface area contributed by atoms with Crippen LogP contribution < -0.4 is 5.32 Å². The van der Waals surface area contributed by atoms with Gasteiger partial charge in [0.2, 0.25) is 0 Å². The molecule has 0 aromatic heterocycles. The summed E-state index contributed by atoms with van der Waals surface area (Å²) in [4.78, 5) is 1.26. The topological polar surface area (TPSA) is 32.3 Å². The van der Waals surface area contributed by atoms with Crippen molar-refractivity contribution in [2.45, 2.75) is 23.8 Å². The molecule has 0 bridgehead atoms. The molecule has 2 nitrogen and oxygen atoms in total. The fourth-order valence-corrected chi connectivity index (χ4v) is 3.63. The summed E-state index contributed by atoms with van der Waals surface area (Å²) in [6.45, 7) is 1.15. The zero-order chi connectivity index (χ0) is 12.4. The number of hydrogen-bond donors (Lipinski definition) is 2. The molecule has 1 atom stereocenters. The maximum atomic E-state index is 9.85. The lowest BCUT2D eigenvalue weighted by Crippen LogP contribution is -2.23. The van der Waals surface area contributed by atoms with Crippen LogP contribution in [0.4, 0.5) is 0 Å². The quantitative estimate of drug-likeness (QED) is 0.829. The predicted octanol–water partition coefficient (Wildman–Crippen LogP) is 3.39. The van der Waals surface area contributed by atoms with E-state index in [0.717, 1.165) is 23.1 Å². The number of aromatic hydroxyl groups is 1. The van der Waals surface area contributed by atoms with Crippen LogP contribution in [0.1, 0.15) is 12.8 Å². The van der Waals surface area contributed by atoms with E-state index >= 15 is 0 Å². The highest BCUT2D eigenvalue weighted by Crippen LogP contribution is 2.33. The largest absolute Gasteiger partial charge is 0.507 e. The lowest BCUT2D eigenvalue weighted by atomic mass is 10.1. The van der Waals surface area contributed by atoms with Crippen LogP contribution in [0.5, 0.6) is 5.75 Å². The molecule has 3 rings (SSSR count). The first-order valence-electron chi connectivity index (χ1n) is 6.41. The van der Waals surface area contributed by atoms with Gasteiger partial charge in [-0.3, -0.25) is 0 Å². The first-order chi connectivity index (χ1) is 8.84. The molecular weight excluding hydrogens is 242 g/mol. The Hall–Kier alpha value is -1.19. The van der Waals surface area contributed by atoms with E-state index in [1.165, 1.54) is 17.7 Å². The van der Waals surface area contributed by atoms with Crippen molar-refractivity contribution in [1.29, 1.82) is 0 Å². The number of nitrogens with one attached hydrogen (secondary N) is 1. The standard InChI is InChI=1S/C15H17NOS/c17-14-7-8-15(13-6-2-1-5-12(13)14)18-10-11-4-3-9-16-11/h1-2,5-8,11,16-17H,3-4,9-10H2/t11-/m1/s1. The van der Waals surface area contributed by atoms with Gasteiger partial charge in [0.25, 0.3) is 0 Å². The molecule has 0 unspecified atom stereocenters. The number of rotatable bonds is 3.